The molecule has 28 heavy (non-hydrogen) atoms. The molecule has 0 saturated heterocycles. The smallest absolute Gasteiger partial charge is 0.278 e. The summed E-state index contributed by atoms with van der Waals surface area (Å²) in [6, 6.07) is 6.27. The van der Waals surface area contributed by atoms with Gasteiger partial charge in [0, 0.05) is 20.1 Å². The fourth-order valence-electron chi connectivity index (χ4n) is 3.02. The number of hydrogen-bond donors (Lipinski definition) is 0. The molecule has 0 fully saturated rings. The van der Waals surface area contributed by atoms with Gasteiger partial charge in [-0.2, -0.15) is 5.10 Å². The SMILES string of the molecule is CCN(CC)CCN(C(=O)c1cc(C)nn1C)c1nc2ccc(F)cc2s1.Cl. The lowest BCUT2D eigenvalue weighted by atomic mass is 10.3. The summed E-state index contributed by atoms with van der Waals surface area (Å²) >= 11 is 1.33. The minimum Gasteiger partial charge on any atom is -0.302 e. The molecular formula is C19H25ClFN5OS. The Morgan fingerprint density at radius 1 is 1.21 bits per heavy atom. The lowest BCUT2D eigenvalue weighted by Gasteiger charge is -2.24. The predicted octanol–water partition coefficient (Wildman–Crippen LogP) is 3.89. The van der Waals surface area contributed by atoms with Crippen LogP contribution in [0.25, 0.3) is 10.2 Å². The first-order valence-corrected chi connectivity index (χ1v) is 9.85. The van der Waals surface area contributed by atoms with Crippen molar-refractivity contribution < 1.29 is 9.18 Å². The molecule has 0 atom stereocenters. The molecule has 0 radical (unpaired) electrons. The number of carbonyl (C=O) groups excluding carboxylic acids is 1. The molecule has 0 aliphatic rings. The van der Waals surface area contributed by atoms with Crippen LogP contribution >= 0.6 is 23.7 Å². The van der Waals surface area contributed by atoms with Gasteiger partial charge in [-0.1, -0.05) is 25.2 Å². The van der Waals surface area contributed by atoms with Crippen LogP contribution in [0.1, 0.15) is 30.0 Å². The highest BCUT2D eigenvalue weighted by Crippen LogP contribution is 2.30. The highest BCUT2D eigenvalue weighted by molar-refractivity contribution is 7.22. The summed E-state index contributed by atoms with van der Waals surface area (Å²) in [5, 5.41) is 4.86. The number of anilines is 1. The van der Waals surface area contributed by atoms with Crippen LogP contribution in [0, 0.1) is 12.7 Å². The van der Waals surface area contributed by atoms with Crippen LogP contribution in [0.15, 0.2) is 24.3 Å². The summed E-state index contributed by atoms with van der Waals surface area (Å²) in [5.74, 6) is -0.453. The highest BCUT2D eigenvalue weighted by atomic mass is 35.5. The zero-order chi connectivity index (χ0) is 19.6. The quantitative estimate of drug-likeness (QED) is 0.576. The summed E-state index contributed by atoms with van der Waals surface area (Å²) in [4.78, 5) is 21.8. The predicted molar refractivity (Wildman–Crippen MR) is 114 cm³/mol. The molecular weight excluding hydrogens is 401 g/mol. The Morgan fingerprint density at radius 2 is 1.93 bits per heavy atom. The van der Waals surface area contributed by atoms with Crippen LogP contribution in [0.5, 0.6) is 0 Å². The van der Waals surface area contributed by atoms with Gasteiger partial charge in [0.15, 0.2) is 5.13 Å². The third-order valence-corrected chi connectivity index (χ3v) is 5.61. The van der Waals surface area contributed by atoms with E-state index >= 15 is 0 Å². The Labute approximate surface area is 174 Å². The maximum atomic E-state index is 13.6. The molecule has 3 rings (SSSR count). The topological polar surface area (TPSA) is 54.3 Å². The van der Waals surface area contributed by atoms with Gasteiger partial charge in [0.1, 0.15) is 11.5 Å². The summed E-state index contributed by atoms with van der Waals surface area (Å²) in [5.41, 5.74) is 1.99. The van der Waals surface area contributed by atoms with E-state index in [1.54, 1.807) is 28.8 Å². The summed E-state index contributed by atoms with van der Waals surface area (Å²) in [6.07, 6.45) is 0. The Hall–Kier alpha value is -2.03. The number of carbonyl (C=O) groups is 1. The van der Waals surface area contributed by atoms with E-state index in [1.165, 1.54) is 23.5 Å². The second-order valence-electron chi connectivity index (χ2n) is 6.39. The first kappa shape index (κ1) is 22.3. The Bertz CT molecular complexity index is 953. The number of fused-ring (bicyclic) bond motifs is 1. The Morgan fingerprint density at radius 3 is 2.54 bits per heavy atom. The normalized spacial score (nSPS) is 11.1. The van der Waals surface area contributed by atoms with Crippen molar-refractivity contribution in [1.29, 1.82) is 0 Å². The van der Waals surface area contributed by atoms with Crippen molar-refractivity contribution in [3.63, 3.8) is 0 Å². The van der Waals surface area contributed by atoms with E-state index in [0.29, 0.717) is 22.9 Å². The zero-order valence-corrected chi connectivity index (χ0v) is 18.1. The van der Waals surface area contributed by atoms with Crippen molar-refractivity contribution >= 4 is 45.0 Å². The van der Waals surface area contributed by atoms with E-state index in [2.05, 4.69) is 28.8 Å². The van der Waals surface area contributed by atoms with Gasteiger partial charge in [0.05, 0.1) is 15.9 Å². The van der Waals surface area contributed by atoms with Crippen molar-refractivity contribution in [1.82, 2.24) is 19.7 Å². The van der Waals surface area contributed by atoms with Gasteiger partial charge >= 0.3 is 0 Å². The molecule has 0 aliphatic carbocycles. The molecule has 152 valence electrons. The third kappa shape index (κ3) is 4.68. The molecule has 2 heterocycles. The number of rotatable bonds is 7. The molecule has 0 spiro atoms. The van der Waals surface area contributed by atoms with E-state index < -0.39 is 0 Å². The number of amides is 1. The zero-order valence-electron chi connectivity index (χ0n) is 16.5. The van der Waals surface area contributed by atoms with Crippen molar-refractivity contribution in [2.45, 2.75) is 20.8 Å². The highest BCUT2D eigenvalue weighted by Gasteiger charge is 2.24. The van der Waals surface area contributed by atoms with Gasteiger partial charge in [0.2, 0.25) is 0 Å². The monoisotopic (exact) mass is 425 g/mol. The van der Waals surface area contributed by atoms with Crippen LogP contribution in [0.2, 0.25) is 0 Å². The van der Waals surface area contributed by atoms with E-state index in [0.717, 1.165) is 30.0 Å². The molecule has 3 aromatic rings. The molecule has 9 heteroatoms. The second kappa shape index (κ2) is 9.45. The van der Waals surface area contributed by atoms with Crippen molar-refractivity contribution in [2.24, 2.45) is 7.05 Å². The van der Waals surface area contributed by atoms with Gasteiger partial charge in [-0.25, -0.2) is 9.37 Å². The van der Waals surface area contributed by atoms with Crippen LogP contribution in [-0.4, -0.2) is 51.8 Å². The molecule has 0 bridgehead atoms. The van der Waals surface area contributed by atoms with Crippen LogP contribution in [0.3, 0.4) is 0 Å². The van der Waals surface area contributed by atoms with Gasteiger partial charge in [0.25, 0.3) is 5.91 Å². The van der Waals surface area contributed by atoms with Gasteiger partial charge in [-0.15, -0.1) is 12.4 Å². The van der Waals surface area contributed by atoms with E-state index in [-0.39, 0.29) is 24.1 Å². The number of nitrogens with zero attached hydrogens (tertiary/aromatic N) is 5. The van der Waals surface area contributed by atoms with Crippen LogP contribution < -0.4 is 4.90 Å². The molecule has 0 unspecified atom stereocenters. The van der Waals surface area contributed by atoms with Crippen molar-refractivity contribution in [2.75, 3.05) is 31.1 Å². The van der Waals surface area contributed by atoms with Crippen molar-refractivity contribution in [3.8, 4) is 0 Å². The van der Waals surface area contributed by atoms with Crippen LogP contribution in [-0.2, 0) is 7.05 Å². The molecule has 6 nitrogen and oxygen atoms in total. The molecule has 2 aromatic heterocycles. The maximum absolute atomic E-state index is 13.6. The van der Waals surface area contributed by atoms with Gasteiger partial charge < -0.3 is 4.90 Å². The summed E-state index contributed by atoms with van der Waals surface area (Å²) < 4.78 is 15.9. The fraction of sp³-hybridized carbons (Fsp3) is 0.421. The van der Waals surface area contributed by atoms with Gasteiger partial charge in [-0.05, 0) is 44.3 Å². The molecule has 1 aromatic carbocycles. The van der Waals surface area contributed by atoms with Crippen molar-refractivity contribution in [3.05, 3.63) is 41.5 Å². The number of aromatic nitrogens is 3. The van der Waals surface area contributed by atoms with Gasteiger partial charge in [-0.3, -0.25) is 14.4 Å². The Kier molecular flexibility index (Phi) is 7.51. The molecule has 0 saturated carbocycles. The number of hydrogen-bond acceptors (Lipinski definition) is 5. The first-order valence-electron chi connectivity index (χ1n) is 9.03. The summed E-state index contributed by atoms with van der Waals surface area (Å²) in [7, 11) is 1.76. The lowest BCUT2D eigenvalue weighted by molar-refractivity contribution is 0.0974. The average Bonchev–Trinajstić information content (AvgIpc) is 3.20. The first-order chi connectivity index (χ1) is 12.9. The third-order valence-electron chi connectivity index (χ3n) is 4.57. The molecule has 1 amide bonds. The number of likely N-dealkylation sites (N-methyl/N-ethyl adjacent to an activating group) is 1. The lowest BCUT2D eigenvalue weighted by Crippen LogP contribution is -2.39. The number of aryl methyl sites for hydroxylation is 2. The average molecular weight is 426 g/mol. The molecule has 0 N–H and O–H groups in total. The summed E-state index contributed by atoms with van der Waals surface area (Å²) in [6.45, 7) is 9.12. The van der Waals surface area contributed by atoms with E-state index in [9.17, 15) is 9.18 Å². The van der Waals surface area contributed by atoms with E-state index in [1.807, 2.05) is 6.92 Å². The maximum Gasteiger partial charge on any atom is 0.278 e. The molecule has 0 aliphatic heterocycles. The van der Waals surface area contributed by atoms with E-state index in [4.69, 9.17) is 0 Å². The fourth-order valence-corrected chi connectivity index (χ4v) is 4.03. The largest absolute Gasteiger partial charge is 0.302 e. The number of halogens is 2. The van der Waals surface area contributed by atoms with Crippen LogP contribution in [0.4, 0.5) is 9.52 Å². The number of thiazole rings is 1. The second-order valence-corrected chi connectivity index (χ2v) is 7.40. The number of benzene rings is 1. The Balaban J connectivity index is 0.00000280. The minimum atomic E-state index is -0.305. The minimum absolute atomic E-state index is 0. The standard InChI is InChI=1S/C19H24FN5OS.ClH/c1-5-24(6-2)9-10-25(18(26)16-11-13(3)22-23(16)4)19-21-15-8-7-14(20)12-17(15)27-19;/h7-8,11-12H,5-6,9-10H2,1-4H3;1H.